The molecule has 1 aromatic heterocycles. The first kappa shape index (κ1) is 24.8. The van der Waals surface area contributed by atoms with Crippen LogP contribution in [0.1, 0.15) is 12.8 Å². The van der Waals surface area contributed by atoms with E-state index >= 15 is 0 Å². The number of rotatable bonds is 7. The van der Waals surface area contributed by atoms with Crippen molar-refractivity contribution < 1.29 is 14.3 Å². The molecule has 0 radical (unpaired) electrons. The molecule has 5 N–H and O–H groups in total. The van der Waals surface area contributed by atoms with Crippen LogP contribution in [0.2, 0.25) is 0 Å². The summed E-state index contributed by atoms with van der Waals surface area (Å²) in [6.45, 7) is 4.65. The second-order valence-corrected chi connectivity index (χ2v) is 9.19. The normalized spacial score (nSPS) is 16.5. The molecule has 0 atom stereocenters. The number of nitrogens with two attached hydrogens (primary N) is 2. The minimum atomic E-state index is -0.0222. The van der Waals surface area contributed by atoms with Gasteiger partial charge >= 0.3 is 0 Å². The van der Waals surface area contributed by atoms with E-state index in [4.69, 9.17) is 20.9 Å². The number of benzene rings is 2. The summed E-state index contributed by atoms with van der Waals surface area (Å²) in [4.78, 5) is 24.9. The predicted octanol–water partition coefficient (Wildman–Crippen LogP) is 2.63. The van der Waals surface area contributed by atoms with Crippen LogP contribution in [0.5, 0.6) is 5.75 Å². The van der Waals surface area contributed by atoms with E-state index in [0.29, 0.717) is 30.5 Å². The van der Waals surface area contributed by atoms with Crippen LogP contribution in [-0.2, 0) is 9.53 Å². The average Bonchev–Trinajstić information content (AvgIpc) is 2.95. The van der Waals surface area contributed by atoms with Gasteiger partial charge in [0.15, 0.2) is 0 Å². The lowest BCUT2D eigenvalue weighted by atomic mass is 10.1. The molecule has 0 aliphatic carbocycles. The molecule has 3 heterocycles. The molecule has 2 aliphatic heterocycles. The van der Waals surface area contributed by atoms with Crippen molar-refractivity contribution in [3.8, 4) is 17.0 Å². The molecule has 1 amide bonds. The minimum Gasteiger partial charge on any atom is -0.488 e. The number of hydrogen-bond donors (Lipinski definition) is 3. The van der Waals surface area contributed by atoms with Crippen molar-refractivity contribution in [2.45, 2.75) is 18.9 Å². The van der Waals surface area contributed by atoms with Crippen LogP contribution in [0.25, 0.3) is 11.3 Å². The van der Waals surface area contributed by atoms with Gasteiger partial charge in [0.25, 0.3) is 0 Å². The number of likely N-dealkylation sites (tertiary alicyclic amines) is 1. The number of morpholine rings is 1. The molecule has 37 heavy (non-hydrogen) atoms. The van der Waals surface area contributed by atoms with E-state index in [9.17, 15) is 4.79 Å². The fraction of sp³-hybridized carbons (Fsp3) is 0.370. The quantitative estimate of drug-likeness (QED) is 0.416. The van der Waals surface area contributed by atoms with Gasteiger partial charge in [-0.05, 0) is 48.5 Å². The topological polar surface area (TPSA) is 132 Å². The molecule has 194 valence electrons. The molecular formula is C27H33N7O3. The SMILES string of the molecule is NCC(=O)N1CCC(Oc2ccc(-c3ccnc(Nc4ccc(N5CCOCC5)cc4)n3)cc2N)CC1. The van der Waals surface area contributed by atoms with Gasteiger partial charge in [-0.1, -0.05) is 0 Å². The molecule has 0 unspecified atom stereocenters. The number of aromatic nitrogens is 2. The lowest BCUT2D eigenvalue weighted by Gasteiger charge is -2.32. The maximum Gasteiger partial charge on any atom is 0.236 e. The first-order valence-corrected chi connectivity index (χ1v) is 12.7. The Morgan fingerprint density at radius 2 is 1.81 bits per heavy atom. The summed E-state index contributed by atoms with van der Waals surface area (Å²) in [6.07, 6.45) is 3.24. The second kappa shape index (κ2) is 11.4. The highest BCUT2D eigenvalue weighted by Gasteiger charge is 2.23. The fourth-order valence-electron chi connectivity index (χ4n) is 4.63. The summed E-state index contributed by atoms with van der Waals surface area (Å²) in [7, 11) is 0. The zero-order valence-electron chi connectivity index (χ0n) is 20.8. The molecule has 5 rings (SSSR count). The first-order valence-electron chi connectivity index (χ1n) is 12.7. The molecule has 2 aliphatic rings. The molecule has 3 aromatic rings. The highest BCUT2D eigenvalue weighted by molar-refractivity contribution is 5.78. The third-order valence-electron chi connectivity index (χ3n) is 6.72. The van der Waals surface area contributed by atoms with Crippen molar-refractivity contribution in [3.63, 3.8) is 0 Å². The maximum absolute atomic E-state index is 11.8. The zero-order chi connectivity index (χ0) is 25.6. The Bertz CT molecular complexity index is 1210. The van der Waals surface area contributed by atoms with Crippen molar-refractivity contribution in [2.75, 3.05) is 61.9 Å². The van der Waals surface area contributed by atoms with Crippen molar-refractivity contribution >= 4 is 28.9 Å². The lowest BCUT2D eigenvalue weighted by molar-refractivity contribution is -0.131. The number of hydrogen-bond acceptors (Lipinski definition) is 9. The van der Waals surface area contributed by atoms with E-state index in [1.165, 1.54) is 5.69 Å². The van der Waals surface area contributed by atoms with Crippen LogP contribution < -0.4 is 26.4 Å². The molecular weight excluding hydrogens is 470 g/mol. The third-order valence-corrected chi connectivity index (χ3v) is 6.72. The molecule has 10 nitrogen and oxygen atoms in total. The van der Waals surface area contributed by atoms with Gasteiger partial charge in [-0.15, -0.1) is 0 Å². The number of carbonyl (C=O) groups excluding carboxylic acids is 1. The van der Waals surface area contributed by atoms with E-state index in [2.05, 4.69) is 32.3 Å². The monoisotopic (exact) mass is 503 g/mol. The maximum atomic E-state index is 11.8. The smallest absolute Gasteiger partial charge is 0.236 e. The summed E-state index contributed by atoms with van der Waals surface area (Å²) in [6, 6.07) is 15.8. The summed E-state index contributed by atoms with van der Waals surface area (Å²) >= 11 is 0. The van der Waals surface area contributed by atoms with E-state index in [1.54, 1.807) is 11.1 Å². The van der Waals surface area contributed by atoms with Crippen molar-refractivity contribution in [3.05, 3.63) is 54.7 Å². The van der Waals surface area contributed by atoms with Gasteiger partial charge in [-0.25, -0.2) is 9.97 Å². The lowest BCUT2D eigenvalue weighted by Crippen LogP contribution is -2.44. The molecule has 0 spiro atoms. The van der Waals surface area contributed by atoms with Crippen LogP contribution in [0.3, 0.4) is 0 Å². The summed E-state index contributed by atoms with van der Waals surface area (Å²) in [5.41, 5.74) is 16.1. The molecule has 2 fully saturated rings. The number of nitrogen functional groups attached to an aromatic ring is 1. The van der Waals surface area contributed by atoms with E-state index in [-0.39, 0.29) is 18.6 Å². The van der Waals surface area contributed by atoms with Gasteiger partial charge in [0.2, 0.25) is 11.9 Å². The van der Waals surface area contributed by atoms with Crippen LogP contribution in [0, 0.1) is 0 Å². The van der Waals surface area contributed by atoms with Crippen LogP contribution in [0.15, 0.2) is 54.7 Å². The Morgan fingerprint density at radius 1 is 1.05 bits per heavy atom. The van der Waals surface area contributed by atoms with Gasteiger partial charge < -0.3 is 36.1 Å². The first-order chi connectivity index (χ1) is 18.1. The summed E-state index contributed by atoms with van der Waals surface area (Å²) in [5, 5.41) is 3.28. The Kier molecular flexibility index (Phi) is 7.67. The number of amides is 1. The third kappa shape index (κ3) is 6.10. The minimum absolute atomic E-state index is 0.0134. The summed E-state index contributed by atoms with van der Waals surface area (Å²) in [5.74, 6) is 1.13. The van der Waals surface area contributed by atoms with Crippen LogP contribution >= 0.6 is 0 Å². The number of ether oxygens (including phenoxy) is 2. The Hall–Kier alpha value is -3.89. The van der Waals surface area contributed by atoms with Gasteiger partial charge in [-0.3, -0.25) is 4.79 Å². The molecule has 2 saturated heterocycles. The van der Waals surface area contributed by atoms with Crippen molar-refractivity contribution in [1.82, 2.24) is 14.9 Å². The number of piperidine rings is 1. The van der Waals surface area contributed by atoms with Crippen molar-refractivity contribution in [2.24, 2.45) is 5.73 Å². The number of anilines is 4. The average molecular weight is 504 g/mol. The number of nitrogens with zero attached hydrogens (tertiary/aromatic N) is 4. The van der Waals surface area contributed by atoms with Gasteiger partial charge in [0, 0.05) is 62.2 Å². The Morgan fingerprint density at radius 3 is 2.51 bits per heavy atom. The van der Waals surface area contributed by atoms with E-state index in [1.807, 2.05) is 36.4 Å². The second-order valence-electron chi connectivity index (χ2n) is 9.19. The van der Waals surface area contributed by atoms with Crippen LogP contribution in [-0.4, -0.2) is 72.8 Å². The van der Waals surface area contributed by atoms with E-state index in [0.717, 1.165) is 56.1 Å². The van der Waals surface area contributed by atoms with Gasteiger partial charge in [0.05, 0.1) is 31.1 Å². The van der Waals surface area contributed by atoms with Crippen LogP contribution in [0.4, 0.5) is 23.0 Å². The standard InChI is InChI=1S/C27H33N7O3/c28-18-26(35)34-11-8-22(9-12-34)37-25-6-1-19(17-23(25)29)24-7-10-30-27(32-24)31-20-2-4-21(5-3-20)33-13-15-36-16-14-33/h1-7,10,17,22H,8-9,11-16,18,28-29H2,(H,30,31,32). The summed E-state index contributed by atoms with van der Waals surface area (Å²) < 4.78 is 11.6. The zero-order valence-corrected chi connectivity index (χ0v) is 20.8. The molecule has 10 heteroatoms. The van der Waals surface area contributed by atoms with E-state index < -0.39 is 0 Å². The van der Waals surface area contributed by atoms with Crippen molar-refractivity contribution in [1.29, 1.82) is 0 Å². The number of carbonyl (C=O) groups is 1. The molecule has 2 aromatic carbocycles. The highest BCUT2D eigenvalue weighted by atomic mass is 16.5. The predicted molar refractivity (Wildman–Crippen MR) is 144 cm³/mol. The molecule has 0 bridgehead atoms. The fourth-order valence-corrected chi connectivity index (χ4v) is 4.63. The molecule has 0 saturated carbocycles. The van der Waals surface area contributed by atoms with Gasteiger partial charge in [0.1, 0.15) is 11.9 Å². The highest BCUT2D eigenvalue weighted by Crippen LogP contribution is 2.30. The Labute approximate surface area is 216 Å². The van der Waals surface area contributed by atoms with Gasteiger partial charge in [-0.2, -0.15) is 0 Å². The Balaban J connectivity index is 1.21. The number of nitrogens with one attached hydrogen (secondary N) is 1. The largest absolute Gasteiger partial charge is 0.488 e.